The van der Waals surface area contributed by atoms with Crippen LogP contribution in [0.25, 0.3) is 0 Å². The molecule has 2 aromatic carbocycles. The summed E-state index contributed by atoms with van der Waals surface area (Å²) in [6.07, 6.45) is 0. The first-order valence-electron chi connectivity index (χ1n) is 8.13. The van der Waals surface area contributed by atoms with Crippen molar-refractivity contribution in [1.82, 2.24) is 0 Å². The number of halogens is 2. The smallest absolute Gasteiger partial charge is 0.164 e. The predicted octanol–water partition coefficient (Wildman–Crippen LogP) is 4.27. The second kappa shape index (κ2) is 7.08. The first-order chi connectivity index (χ1) is 12.4. The van der Waals surface area contributed by atoms with Crippen molar-refractivity contribution < 1.29 is 8.42 Å². The van der Waals surface area contributed by atoms with E-state index in [4.69, 9.17) is 28.2 Å². The lowest BCUT2D eigenvalue weighted by molar-refractivity contribution is 0.601. The van der Waals surface area contributed by atoms with E-state index in [9.17, 15) is 8.42 Å². The molecular formula is C18H16Cl2N2O2S2. The van der Waals surface area contributed by atoms with Crippen LogP contribution in [0.5, 0.6) is 0 Å². The van der Waals surface area contributed by atoms with Gasteiger partial charge in [0.25, 0.3) is 0 Å². The fraction of sp³-hybridized carbons (Fsp3) is 0.278. The van der Waals surface area contributed by atoms with Gasteiger partial charge < -0.3 is 4.90 Å². The van der Waals surface area contributed by atoms with Crippen molar-refractivity contribution in [3.8, 4) is 0 Å². The molecule has 0 N–H and O–H groups in total. The summed E-state index contributed by atoms with van der Waals surface area (Å²) in [5, 5.41) is 2.06. The first-order valence-corrected chi connectivity index (χ1v) is 11.7. The summed E-state index contributed by atoms with van der Waals surface area (Å²) in [5.74, 6) is 0.817. The lowest BCUT2D eigenvalue weighted by atomic mass is 10.1. The van der Waals surface area contributed by atoms with Crippen LogP contribution in [0.1, 0.15) is 5.56 Å². The van der Waals surface area contributed by atoms with Gasteiger partial charge >= 0.3 is 0 Å². The van der Waals surface area contributed by atoms with Gasteiger partial charge in [-0.15, -0.1) is 0 Å². The largest absolute Gasteiger partial charge is 0.315 e. The Balaban J connectivity index is 1.63. The minimum Gasteiger partial charge on any atom is -0.315 e. The Hall–Kier alpha value is -1.21. The summed E-state index contributed by atoms with van der Waals surface area (Å²) >= 11 is 14.1. The van der Waals surface area contributed by atoms with E-state index in [0.29, 0.717) is 15.8 Å². The third-order valence-electron chi connectivity index (χ3n) is 4.55. The number of hydrogen-bond acceptors (Lipinski definition) is 5. The number of rotatable bonds is 3. The van der Waals surface area contributed by atoms with Crippen LogP contribution >= 0.6 is 35.0 Å². The summed E-state index contributed by atoms with van der Waals surface area (Å²) in [4.78, 5) is 6.76. The molecule has 0 spiro atoms. The van der Waals surface area contributed by atoms with Gasteiger partial charge in [0.2, 0.25) is 0 Å². The summed E-state index contributed by atoms with van der Waals surface area (Å²) in [6, 6.07) is 14.9. The van der Waals surface area contributed by atoms with Gasteiger partial charge in [0, 0.05) is 21.5 Å². The topological polar surface area (TPSA) is 49.7 Å². The molecule has 0 unspecified atom stereocenters. The lowest BCUT2D eigenvalue weighted by Crippen LogP contribution is -2.39. The number of benzene rings is 2. The number of amidine groups is 1. The number of nitrogens with zero attached hydrogens (tertiary/aromatic N) is 2. The van der Waals surface area contributed by atoms with Crippen molar-refractivity contribution in [2.45, 2.75) is 17.8 Å². The number of sulfone groups is 1. The molecule has 0 aliphatic carbocycles. The van der Waals surface area contributed by atoms with E-state index in [1.807, 2.05) is 53.4 Å². The van der Waals surface area contributed by atoms with E-state index in [2.05, 4.69) is 0 Å². The van der Waals surface area contributed by atoms with Crippen LogP contribution in [-0.2, 0) is 15.6 Å². The van der Waals surface area contributed by atoms with E-state index in [-0.39, 0.29) is 23.6 Å². The molecule has 136 valence electrons. The van der Waals surface area contributed by atoms with Gasteiger partial charge in [0.1, 0.15) is 0 Å². The molecule has 4 rings (SSSR count). The van der Waals surface area contributed by atoms with E-state index in [0.717, 1.165) is 16.4 Å². The Kier molecular flexibility index (Phi) is 4.94. The van der Waals surface area contributed by atoms with Gasteiger partial charge in [-0.2, -0.15) is 0 Å². The molecule has 2 aliphatic rings. The Morgan fingerprint density at radius 1 is 1.04 bits per heavy atom. The normalized spacial score (nSPS) is 23.8. The highest BCUT2D eigenvalue weighted by Crippen LogP contribution is 2.37. The summed E-state index contributed by atoms with van der Waals surface area (Å²) in [7, 11) is -3.05. The van der Waals surface area contributed by atoms with Gasteiger partial charge in [-0.05, 0) is 29.8 Å². The van der Waals surface area contributed by atoms with Gasteiger partial charge in [-0.25, -0.2) is 8.42 Å². The molecule has 0 saturated carbocycles. The highest BCUT2D eigenvalue weighted by Gasteiger charge is 2.47. The monoisotopic (exact) mass is 426 g/mol. The maximum Gasteiger partial charge on any atom is 0.164 e. The van der Waals surface area contributed by atoms with Crippen LogP contribution in [0.15, 0.2) is 53.5 Å². The van der Waals surface area contributed by atoms with Crippen LogP contribution in [0, 0.1) is 0 Å². The van der Waals surface area contributed by atoms with E-state index < -0.39 is 9.84 Å². The molecule has 1 saturated heterocycles. The van der Waals surface area contributed by atoms with Gasteiger partial charge in [0.05, 0.1) is 23.6 Å². The molecule has 2 aliphatic heterocycles. The minimum absolute atomic E-state index is 0.109. The predicted molar refractivity (Wildman–Crippen MR) is 110 cm³/mol. The molecular weight excluding hydrogens is 411 g/mol. The Labute approximate surface area is 167 Å². The summed E-state index contributed by atoms with van der Waals surface area (Å²) in [6.45, 7) is 0. The highest BCUT2D eigenvalue weighted by molar-refractivity contribution is 8.13. The average Bonchev–Trinajstić information content (AvgIpc) is 3.06. The molecule has 2 heterocycles. The van der Waals surface area contributed by atoms with Crippen LogP contribution < -0.4 is 4.90 Å². The molecule has 0 amide bonds. The number of anilines is 1. The van der Waals surface area contributed by atoms with Crippen molar-refractivity contribution in [3.05, 3.63) is 64.1 Å². The quantitative estimate of drug-likeness (QED) is 0.734. The number of hydrogen-bond donors (Lipinski definition) is 0. The zero-order valence-electron chi connectivity index (χ0n) is 13.7. The van der Waals surface area contributed by atoms with Crippen LogP contribution in [0.3, 0.4) is 0 Å². The number of aliphatic imine (C=N–C) groups is 1. The second-order valence-electron chi connectivity index (χ2n) is 6.32. The fourth-order valence-electron chi connectivity index (χ4n) is 3.33. The third-order valence-corrected chi connectivity index (χ3v) is 7.95. The van der Waals surface area contributed by atoms with E-state index >= 15 is 0 Å². The molecule has 4 nitrogen and oxygen atoms in total. The Morgan fingerprint density at radius 3 is 2.42 bits per heavy atom. The maximum atomic E-state index is 12.1. The van der Waals surface area contributed by atoms with Crippen molar-refractivity contribution in [2.75, 3.05) is 16.4 Å². The van der Waals surface area contributed by atoms with Crippen molar-refractivity contribution in [2.24, 2.45) is 4.99 Å². The number of thioether (sulfide) groups is 1. The molecule has 2 atom stereocenters. The van der Waals surface area contributed by atoms with Gasteiger partial charge in [-0.3, -0.25) is 4.99 Å². The van der Waals surface area contributed by atoms with E-state index in [1.54, 1.807) is 0 Å². The van der Waals surface area contributed by atoms with Crippen molar-refractivity contribution >= 4 is 55.7 Å². The zero-order valence-corrected chi connectivity index (χ0v) is 16.8. The van der Waals surface area contributed by atoms with Gasteiger partial charge in [0.15, 0.2) is 15.0 Å². The summed E-state index contributed by atoms with van der Waals surface area (Å²) < 4.78 is 24.1. The lowest BCUT2D eigenvalue weighted by Gasteiger charge is -2.26. The SMILES string of the molecule is O=S1(=O)C[C@@H]2[C@@H](C1)N=C(SCc1c(Cl)cccc1Cl)N2c1ccccc1. The third kappa shape index (κ3) is 3.48. The Morgan fingerprint density at radius 2 is 1.73 bits per heavy atom. The number of fused-ring (bicyclic) bond motifs is 1. The molecule has 1 fully saturated rings. The highest BCUT2D eigenvalue weighted by atomic mass is 35.5. The maximum absolute atomic E-state index is 12.1. The second-order valence-corrected chi connectivity index (χ2v) is 10.2. The minimum atomic E-state index is -3.05. The van der Waals surface area contributed by atoms with Crippen LogP contribution in [0.2, 0.25) is 10.0 Å². The molecule has 2 aromatic rings. The molecule has 8 heteroatoms. The molecule has 0 aromatic heterocycles. The summed E-state index contributed by atoms with van der Waals surface area (Å²) in [5.41, 5.74) is 1.81. The van der Waals surface area contributed by atoms with E-state index in [1.165, 1.54) is 11.8 Å². The standard InChI is InChI=1S/C18H16Cl2N2O2S2/c19-14-7-4-8-15(20)13(14)9-25-18-21-16-10-26(23,24)11-17(16)22(18)12-5-2-1-3-6-12/h1-8,16-17H,9-11H2/t16-,17-/m1/s1. The molecule has 0 radical (unpaired) electrons. The number of para-hydroxylation sites is 1. The first kappa shape index (κ1) is 18.2. The van der Waals surface area contributed by atoms with Crippen molar-refractivity contribution in [1.29, 1.82) is 0 Å². The Bertz CT molecular complexity index is 944. The van der Waals surface area contributed by atoms with Crippen molar-refractivity contribution in [3.63, 3.8) is 0 Å². The molecule has 0 bridgehead atoms. The van der Waals surface area contributed by atoms with Crippen LogP contribution in [-0.4, -0.2) is 37.2 Å². The average molecular weight is 427 g/mol. The van der Waals surface area contributed by atoms with Gasteiger partial charge in [-0.1, -0.05) is 59.2 Å². The molecule has 26 heavy (non-hydrogen) atoms. The zero-order chi connectivity index (χ0) is 18.3. The van der Waals surface area contributed by atoms with Crippen LogP contribution in [0.4, 0.5) is 5.69 Å². The fourth-order valence-corrected chi connectivity index (χ4v) is 7.04.